The molecule has 32 heavy (non-hydrogen) atoms. The molecule has 3 aromatic heterocycles. The molecular formula is C25H13ClN2O3S. The van der Waals surface area contributed by atoms with Crippen LogP contribution in [-0.2, 0) is 0 Å². The van der Waals surface area contributed by atoms with E-state index in [1.807, 2.05) is 36.4 Å². The van der Waals surface area contributed by atoms with Crippen molar-refractivity contribution in [1.29, 1.82) is 5.26 Å². The Labute approximate surface area is 191 Å². The minimum absolute atomic E-state index is 0.332. The summed E-state index contributed by atoms with van der Waals surface area (Å²) in [5.41, 5.74) is 2.03. The lowest BCUT2D eigenvalue weighted by Crippen LogP contribution is -2.02. The lowest BCUT2D eigenvalue weighted by atomic mass is 10.1. The molecule has 0 saturated carbocycles. The summed E-state index contributed by atoms with van der Waals surface area (Å²) in [6.07, 6.45) is 1.62. The maximum Gasteiger partial charge on any atom is 0.345 e. The zero-order chi connectivity index (χ0) is 22.1. The summed E-state index contributed by atoms with van der Waals surface area (Å²) < 4.78 is 11.3. The molecule has 5 nitrogen and oxygen atoms in total. The van der Waals surface area contributed by atoms with Crippen LogP contribution in [0.15, 0.2) is 85.7 Å². The van der Waals surface area contributed by atoms with Gasteiger partial charge in [-0.05, 0) is 36.4 Å². The number of allylic oxidation sites excluding steroid dienone is 1. The van der Waals surface area contributed by atoms with Crippen LogP contribution < -0.4 is 5.63 Å². The molecule has 5 rings (SSSR count). The minimum Gasteiger partial charge on any atom is -0.457 e. The first kappa shape index (κ1) is 20.0. The molecule has 0 aliphatic rings. The van der Waals surface area contributed by atoms with Gasteiger partial charge in [-0.25, -0.2) is 9.78 Å². The van der Waals surface area contributed by atoms with E-state index in [2.05, 4.69) is 11.1 Å². The molecule has 0 amide bonds. The number of nitrogens with zero attached hydrogens (tertiary/aromatic N) is 2. The molecule has 0 atom stereocenters. The lowest BCUT2D eigenvalue weighted by Gasteiger charge is -1.99. The van der Waals surface area contributed by atoms with Gasteiger partial charge in [0.1, 0.15) is 28.2 Å². The Morgan fingerprint density at radius 1 is 1.06 bits per heavy atom. The SMILES string of the molecule is N#C/C(=C\c1ccc(-c2cccc(Cl)c2)o1)c1nc(-c2cc3ccccc3oc2=O)cs1. The number of hydrogen-bond acceptors (Lipinski definition) is 6. The Kier molecular flexibility index (Phi) is 5.20. The average Bonchev–Trinajstić information content (AvgIpc) is 3.47. The number of furan rings is 1. The van der Waals surface area contributed by atoms with Gasteiger partial charge in [0.2, 0.25) is 0 Å². The fraction of sp³-hybridized carbons (Fsp3) is 0. The van der Waals surface area contributed by atoms with E-state index in [-0.39, 0.29) is 0 Å². The molecule has 0 aliphatic heterocycles. The highest BCUT2D eigenvalue weighted by Gasteiger charge is 2.14. The molecule has 0 spiro atoms. The Balaban J connectivity index is 1.48. The molecule has 0 fully saturated rings. The molecule has 0 saturated heterocycles. The molecule has 2 aromatic carbocycles. The third-order valence-electron chi connectivity index (χ3n) is 4.79. The highest BCUT2D eigenvalue weighted by molar-refractivity contribution is 7.11. The van der Waals surface area contributed by atoms with Crippen LogP contribution >= 0.6 is 22.9 Å². The maximum atomic E-state index is 12.4. The molecule has 0 N–H and O–H groups in total. The van der Waals surface area contributed by atoms with Crippen LogP contribution in [0.3, 0.4) is 0 Å². The van der Waals surface area contributed by atoms with Crippen molar-refractivity contribution >= 4 is 45.6 Å². The van der Waals surface area contributed by atoms with Gasteiger partial charge in [0.15, 0.2) is 0 Å². The van der Waals surface area contributed by atoms with Crippen LogP contribution in [0.25, 0.3) is 45.2 Å². The molecule has 0 unspecified atom stereocenters. The van der Waals surface area contributed by atoms with Crippen LogP contribution in [0.4, 0.5) is 0 Å². The van der Waals surface area contributed by atoms with Gasteiger partial charge in [-0.3, -0.25) is 0 Å². The van der Waals surface area contributed by atoms with Gasteiger partial charge in [-0.1, -0.05) is 41.9 Å². The van der Waals surface area contributed by atoms with Gasteiger partial charge in [0.05, 0.1) is 16.8 Å². The van der Waals surface area contributed by atoms with Crippen molar-refractivity contribution in [3.63, 3.8) is 0 Å². The van der Waals surface area contributed by atoms with Crippen molar-refractivity contribution in [1.82, 2.24) is 4.98 Å². The Morgan fingerprint density at radius 2 is 1.94 bits per heavy atom. The van der Waals surface area contributed by atoms with Crippen LogP contribution in [-0.4, -0.2) is 4.98 Å². The highest BCUT2D eigenvalue weighted by atomic mass is 35.5. The molecule has 0 radical (unpaired) electrons. The first-order valence-electron chi connectivity index (χ1n) is 9.57. The van der Waals surface area contributed by atoms with E-state index < -0.39 is 5.63 Å². The molecular weight excluding hydrogens is 444 g/mol. The van der Waals surface area contributed by atoms with Gasteiger partial charge in [-0.2, -0.15) is 5.26 Å². The quantitative estimate of drug-likeness (QED) is 0.217. The van der Waals surface area contributed by atoms with Crippen molar-refractivity contribution in [2.24, 2.45) is 0 Å². The molecule has 7 heteroatoms. The molecule has 0 bridgehead atoms. The number of hydrogen-bond donors (Lipinski definition) is 0. The topological polar surface area (TPSA) is 80.0 Å². The summed E-state index contributed by atoms with van der Waals surface area (Å²) in [4.78, 5) is 16.9. The molecule has 0 aliphatic carbocycles. The number of aromatic nitrogens is 1. The van der Waals surface area contributed by atoms with Gasteiger partial charge < -0.3 is 8.83 Å². The van der Waals surface area contributed by atoms with Crippen LogP contribution in [0.1, 0.15) is 10.8 Å². The van der Waals surface area contributed by atoms with Crippen molar-refractivity contribution in [3.8, 4) is 28.7 Å². The zero-order valence-corrected chi connectivity index (χ0v) is 18.0. The van der Waals surface area contributed by atoms with Crippen molar-refractivity contribution < 1.29 is 8.83 Å². The van der Waals surface area contributed by atoms with Gasteiger partial charge >= 0.3 is 5.63 Å². The first-order valence-corrected chi connectivity index (χ1v) is 10.8. The second-order valence-electron chi connectivity index (χ2n) is 6.91. The summed E-state index contributed by atoms with van der Waals surface area (Å²) in [6.45, 7) is 0. The monoisotopic (exact) mass is 456 g/mol. The van der Waals surface area contributed by atoms with Gasteiger partial charge in [0.25, 0.3) is 0 Å². The lowest BCUT2D eigenvalue weighted by molar-refractivity contribution is 0.563. The third-order valence-corrected chi connectivity index (χ3v) is 5.91. The first-order chi connectivity index (χ1) is 15.6. The summed E-state index contributed by atoms with van der Waals surface area (Å²) >= 11 is 7.33. The second-order valence-corrected chi connectivity index (χ2v) is 8.20. The number of rotatable bonds is 4. The maximum absolute atomic E-state index is 12.4. The molecule has 154 valence electrons. The zero-order valence-electron chi connectivity index (χ0n) is 16.4. The second kappa shape index (κ2) is 8.31. The van der Waals surface area contributed by atoms with Crippen LogP contribution in [0.2, 0.25) is 5.02 Å². The normalized spacial score (nSPS) is 11.6. The average molecular weight is 457 g/mol. The summed E-state index contributed by atoms with van der Waals surface area (Å²) in [5.74, 6) is 1.16. The molecule has 5 aromatic rings. The van der Waals surface area contributed by atoms with E-state index in [4.69, 9.17) is 20.4 Å². The third kappa shape index (κ3) is 3.87. The van der Waals surface area contributed by atoms with E-state index >= 15 is 0 Å². The number of thiazole rings is 1. The standard InChI is InChI=1S/C25H13ClN2O3S/c26-18-6-3-5-15(10-18)23-9-8-19(30-23)11-17(13-27)24-28-21(14-32-24)20-12-16-4-1-2-7-22(16)31-25(20)29/h1-12,14H/b17-11+. The number of benzene rings is 2. The van der Waals surface area contributed by atoms with E-state index in [1.165, 1.54) is 11.3 Å². The highest BCUT2D eigenvalue weighted by Crippen LogP contribution is 2.29. The summed E-state index contributed by atoms with van der Waals surface area (Å²) in [7, 11) is 0. The van der Waals surface area contributed by atoms with E-state index in [1.54, 1.807) is 41.8 Å². The van der Waals surface area contributed by atoms with E-state index in [9.17, 15) is 10.1 Å². The number of fused-ring (bicyclic) bond motifs is 1. The Morgan fingerprint density at radius 3 is 2.78 bits per heavy atom. The predicted molar refractivity (Wildman–Crippen MR) is 126 cm³/mol. The Hall–Kier alpha value is -3.92. The predicted octanol–water partition coefficient (Wildman–Crippen LogP) is 6.89. The fourth-order valence-electron chi connectivity index (χ4n) is 3.27. The minimum atomic E-state index is -0.472. The smallest absolute Gasteiger partial charge is 0.345 e. The number of para-hydroxylation sites is 1. The van der Waals surface area contributed by atoms with Gasteiger partial charge in [0, 0.05) is 27.4 Å². The summed E-state index contributed by atoms with van der Waals surface area (Å²) in [6, 6.07) is 22.1. The number of nitriles is 1. The largest absolute Gasteiger partial charge is 0.457 e. The van der Waals surface area contributed by atoms with Gasteiger partial charge in [-0.15, -0.1) is 11.3 Å². The van der Waals surface area contributed by atoms with Crippen molar-refractivity contribution in [2.75, 3.05) is 0 Å². The Bertz CT molecular complexity index is 1590. The van der Waals surface area contributed by atoms with Crippen LogP contribution in [0, 0.1) is 11.3 Å². The molecule has 3 heterocycles. The van der Waals surface area contributed by atoms with Crippen molar-refractivity contribution in [3.05, 3.63) is 98.3 Å². The fourth-order valence-corrected chi connectivity index (χ4v) is 4.25. The van der Waals surface area contributed by atoms with E-state index in [0.29, 0.717) is 44.0 Å². The number of halogens is 1. The van der Waals surface area contributed by atoms with Crippen molar-refractivity contribution in [2.45, 2.75) is 0 Å². The summed E-state index contributed by atoms with van der Waals surface area (Å²) in [5, 5.41) is 13.3. The van der Waals surface area contributed by atoms with E-state index in [0.717, 1.165) is 10.9 Å². The van der Waals surface area contributed by atoms with Crippen LogP contribution in [0.5, 0.6) is 0 Å².